The molecule has 11 heteroatoms. The maximum atomic E-state index is 12.9. The highest BCUT2D eigenvalue weighted by molar-refractivity contribution is 8.00. The van der Waals surface area contributed by atoms with Crippen molar-refractivity contribution in [2.75, 3.05) is 5.32 Å². The molecule has 0 bridgehead atoms. The lowest BCUT2D eigenvalue weighted by atomic mass is 10.2. The van der Waals surface area contributed by atoms with Crippen LogP contribution in [0.15, 0.2) is 47.0 Å². The normalized spacial score (nSPS) is 12.5. The standard InChI is InChI=1S/C21H25N5O3S3/c1-6-11-26-18(12-32(28,29)17-9-7-13(2)8-10-17)24-25-21(26)31-16(5)19(27)23-20-22-14(3)15(4)30-20/h6-10,16H,1,11-12H2,2-5H3,(H,22,23,27). The Bertz CT molecular complexity index is 1210. The molecule has 3 aromatic rings. The van der Waals surface area contributed by atoms with Gasteiger partial charge in [0.05, 0.1) is 15.8 Å². The number of nitrogens with zero attached hydrogens (tertiary/aromatic N) is 4. The molecule has 0 saturated carbocycles. The van der Waals surface area contributed by atoms with E-state index in [2.05, 4.69) is 27.1 Å². The average Bonchev–Trinajstić information content (AvgIpc) is 3.24. The molecule has 0 fully saturated rings. The number of hydrogen-bond donors (Lipinski definition) is 1. The highest BCUT2D eigenvalue weighted by atomic mass is 32.2. The minimum Gasteiger partial charge on any atom is -0.301 e. The summed E-state index contributed by atoms with van der Waals surface area (Å²) in [5.74, 6) is -0.215. The molecule has 1 aromatic carbocycles. The van der Waals surface area contributed by atoms with Gasteiger partial charge in [-0.1, -0.05) is 35.5 Å². The predicted molar refractivity (Wildman–Crippen MR) is 128 cm³/mol. The van der Waals surface area contributed by atoms with Gasteiger partial charge in [-0.15, -0.1) is 28.1 Å². The number of nitrogens with one attached hydrogen (secondary N) is 1. The number of carbonyl (C=O) groups excluding carboxylic acids is 1. The van der Waals surface area contributed by atoms with Crippen molar-refractivity contribution in [3.8, 4) is 0 Å². The van der Waals surface area contributed by atoms with Crippen molar-refractivity contribution >= 4 is 44.0 Å². The number of amides is 1. The van der Waals surface area contributed by atoms with Gasteiger partial charge < -0.3 is 9.88 Å². The molecule has 1 unspecified atom stereocenters. The Morgan fingerprint density at radius 1 is 1.25 bits per heavy atom. The number of rotatable bonds is 9. The minimum atomic E-state index is -3.60. The molecule has 0 aliphatic carbocycles. The number of anilines is 1. The van der Waals surface area contributed by atoms with E-state index in [9.17, 15) is 13.2 Å². The Labute approximate surface area is 196 Å². The van der Waals surface area contributed by atoms with Crippen LogP contribution in [0.3, 0.4) is 0 Å². The molecule has 2 heterocycles. The fraction of sp³-hybridized carbons (Fsp3) is 0.333. The molecule has 1 amide bonds. The molecular weight excluding hydrogens is 466 g/mol. The van der Waals surface area contributed by atoms with E-state index in [4.69, 9.17) is 0 Å². The summed E-state index contributed by atoms with van der Waals surface area (Å²) in [4.78, 5) is 18.2. The smallest absolute Gasteiger partial charge is 0.239 e. The van der Waals surface area contributed by atoms with Crippen molar-refractivity contribution < 1.29 is 13.2 Å². The molecule has 3 rings (SSSR count). The SMILES string of the molecule is C=CCn1c(CS(=O)(=O)c2ccc(C)cc2)nnc1SC(C)C(=O)Nc1nc(C)c(C)s1. The summed E-state index contributed by atoms with van der Waals surface area (Å²) in [7, 11) is -3.60. The summed E-state index contributed by atoms with van der Waals surface area (Å²) in [6.45, 7) is 11.6. The maximum Gasteiger partial charge on any atom is 0.239 e. The zero-order chi connectivity index (χ0) is 23.5. The first-order chi connectivity index (χ1) is 15.1. The van der Waals surface area contributed by atoms with Crippen LogP contribution in [0.25, 0.3) is 0 Å². The van der Waals surface area contributed by atoms with E-state index in [1.807, 2.05) is 20.8 Å². The van der Waals surface area contributed by atoms with Crippen LogP contribution in [0.2, 0.25) is 0 Å². The Kier molecular flexibility index (Phi) is 7.52. The zero-order valence-corrected chi connectivity index (χ0v) is 20.8. The van der Waals surface area contributed by atoms with E-state index >= 15 is 0 Å². The number of thiazole rings is 1. The Hall–Kier alpha value is -2.50. The number of aryl methyl sites for hydroxylation is 3. The zero-order valence-electron chi connectivity index (χ0n) is 18.3. The van der Waals surface area contributed by atoms with Crippen molar-refractivity contribution in [2.24, 2.45) is 0 Å². The average molecular weight is 492 g/mol. The van der Waals surface area contributed by atoms with Crippen molar-refractivity contribution in [2.45, 2.75) is 55.3 Å². The number of allylic oxidation sites excluding steroid dienone is 1. The van der Waals surface area contributed by atoms with Crippen LogP contribution in [0.5, 0.6) is 0 Å². The lowest BCUT2D eigenvalue weighted by Gasteiger charge is -2.12. The summed E-state index contributed by atoms with van der Waals surface area (Å²) in [6.07, 6.45) is 1.64. The van der Waals surface area contributed by atoms with Crippen LogP contribution in [0.1, 0.15) is 28.9 Å². The highest BCUT2D eigenvalue weighted by Gasteiger charge is 2.24. The van der Waals surface area contributed by atoms with Crippen LogP contribution in [0, 0.1) is 20.8 Å². The molecule has 2 aromatic heterocycles. The number of carbonyl (C=O) groups is 1. The van der Waals surface area contributed by atoms with Crippen LogP contribution >= 0.6 is 23.1 Å². The van der Waals surface area contributed by atoms with E-state index in [1.165, 1.54) is 23.1 Å². The van der Waals surface area contributed by atoms with Crippen LogP contribution < -0.4 is 5.32 Å². The fourth-order valence-corrected chi connectivity index (χ4v) is 5.73. The molecule has 0 radical (unpaired) electrons. The molecular formula is C21H25N5O3S3. The van der Waals surface area contributed by atoms with E-state index in [0.29, 0.717) is 22.7 Å². The lowest BCUT2D eigenvalue weighted by molar-refractivity contribution is -0.115. The van der Waals surface area contributed by atoms with Crippen molar-refractivity contribution in [3.05, 3.63) is 58.9 Å². The molecule has 0 aliphatic heterocycles. The summed E-state index contributed by atoms with van der Waals surface area (Å²) in [5, 5.41) is 11.6. The topological polar surface area (TPSA) is 107 Å². The third-order valence-electron chi connectivity index (χ3n) is 4.71. The second kappa shape index (κ2) is 9.97. The first-order valence-corrected chi connectivity index (χ1v) is 13.2. The first-order valence-electron chi connectivity index (χ1n) is 9.84. The summed E-state index contributed by atoms with van der Waals surface area (Å²) in [6, 6.07) is 6.69. The van der Waals surface area contributed by atoms with Crippen LogP contribution in [-0.4, -0.2) is 39.3 Å². The molecule has 8 nitrogen and oxygen atoms in total. The monoisotopic (exact) mass is 491 g/mol. The van der Waals surface area contributed by atoms with E-state index in [0.717, 1.165) is 16.1 Å². The summed E-state index contributed by atoms with van der Waals surface area (Å²) < 4.78 is 27.4. The number of thioether (sulfide) groups is 1. The summed E-state index contributed by atoms with van der Waals surface area (Å²) >= 11 is 2.63. The van der Waals surface area contributed by atoms with Gasteiger partial charge in [-0.25, -0.2) is 13.4 Å². The van der Waals surface area contributed by atoms with Crippen molar-refractivity contribution in [1.82, 2.24) is 19.7 Å². The van der Waals surface area contributed by atoms with E-state index in [-0.39, 0.29) is 16.6 Å². The lowest BCUT2D eigenvalue weighted by Crippen LogP contribution is -2.23. The molecule has 0 aliphatic rings. The van der Waals surface area contributed by atoms with Crippen molar-refractivity contribution in [3.63, 3.8) is 0 Å². The van der Waals surface area contributed by atoms with E-state index in [1.54, 1.807) is 41.8 Å². The third kappa shape index (κ3) is 5.64. The van der Waals surface area contributed by atoms with Crippen LogP contribution in [0.4, 0.5) is 5.13 Å². The minimum absolute atomic E-state index is 0.217. The Balaban J connectivity index is 1.77. The van der Waals surface area contributed by atoms with Gasteiger partial charge in [-0.2, -0.15) is 0 Å². The van der Waals surface area contributed by atoms with Gasteiger partial charge in [0, 0.05) is 11.4 Å². The van der Waals surface area contributed by atoms with E-state index < -0.39 is 15.1 Å². The largest absolute Gasteiger partial charge is 0.301 e. The van der Waals surface area contributed by atoms with Gasteiger partial charge in [0.15, 0.2) is 20.1 Å². The fourth-order valence-electron chi connectivity index (χ4n) is 2.77. The maximum absolute atomic E-state index is 12.9. The predicted octanol–water partition coefficient (Wildman–Crippen LogP) is 3.94. The Morgan fingerprint density at radius 3 is 2.53 bits per heavy atom. The number of sulfone groups is 1. The van der Waals surface area contributed by atoms with Gasteiger partial charge in [-0.3, -0.25) is 4.79 Å². The van der Waals surface area contributed by atoms with Gasteiger partial charge >= 0.3 is 0 Å². The quantitative estimate of drug-likeness (QED) is 0.357. The van der Waals surface area contributed by atoms with Gasteiger partial charge in [0.2, 0.25) is 5.91 Å². The molecule has 0 saturated heterocycles. The van der Waals surface area contributed by atoms with Gasteiger partial charge in [0.25, 0.3) is 0 Å². The second-order valence-electron chi connectivity index (χ2n) is 7.28. The first kappa shape index (κ1) is 24.1. The summed E-state index contributed by atoms with van der Waals surface area (Å²) in [5.41, 5.74) is 1.86. The molecule has 32 heavy (non-hydrogen) atoms. The van der Waals surface area contributed by atoms with Gasteiger partial charge in [-0.05, 0) is 39.8 Å². The Morgan fingerprint density at radius 2 is 1.94 bits per heavy atom. The molecule has 170 valence electrons. The molecule has 1 atom stereocenters. The molecule has 1 N–H and O–H groups in total. The number of aromatic nitrogens is 4. The second-order valence-corrected chi connectivity index (χ2v) is 11.8. The number of benzene rings is 1. The van der Waals surface area contributed by atoms with Crippen molar-refractivity contribution in [1.29, 1.82) is 0 Å². The van der Waals surface area contributed by atoms with Crippen LogP contribution in [-0.2, 0) is 26.9 Å². The number of hydrogen-bond acceptors (Lipinski definition) is 8. The molecule has 0 spiro atoms. The third-order valence-corrected chi connectivity index (χ3v) is 8.41. The highest BCUT2D eigenvalue weighted by Crippen LogP contribution is 2.27. The van der Waals surface area contributed by atoms with Gasteiger partial charge in [0.1, 0.15) is 11.6 Å².